The molecule has 1 atom stereocenters. The number of carbonyl (C=O) groups is 1. The van der Waals surface area contributed by atoms with Crippen molar-refractivity contribution < 1.29 is 4.79 Å². The van der Waals surface area contributed by atoms with Crippen LogP contribution in [-0.2, 0) is 11.3 Å². The molecule has 4 rings (SSSR count). The Morgan fingerprint density at radius 1 is 1.35 bits per heavy atom. The van der Waals surface area contributed by atoms with Crippen LogP contribution in [0.1, 0.15) is 36.3 Å². The van der Waals surface area contributed by atoms with Gasteiger partial charge in [0.15, 0.2) is 0 Å². The molecule has 0 aromatic carbocycles. The minimum atomic E-state index is 0.0592. The molecule has 3 heterocycles. The predicted molar refractivity (Wildman–Crippen MR) is 74.3 cm³/mol. The minimum absolute atomic E-state index is 0.0592. The highest BCUT2D eigenvalue weighted by molar-refractivity contribution is 5.94. The lowest BCUT2D eigenvalue weighted by atomic mass is 9.88. The van der Waals surface area contributed by atoms with E-state index >= 15 is 0 Å². The molecule has 5 nitrogen and oxygen atoms in total. The predicted octanol–water partition coefficient (Wildman–Crippen LogP) is 2.16. The van der Waals surface area contributed by atoms with Crippen LogP contribution < -0.4 is 5.32 Å². The zero-order valence-corrected chi connectivity index (χ0v) is 11.1. The van der Waals surface area contributed by atoms with Gasteiger partial charge in [0.05, 0.1) is 6.20 Å². The van der Waals surface area contributed by atoms with Crippen LogP contribution >= 0.6 is 0 Å². The molecule has 0 saturated heterocycles. The minimum Gasteiger partial charge on any atom is -0.311 e. The fourth-order valence-corrected chi connectivity index (χ4v) is 2.83. The molecule has 1 aliphatic carbocycles. The number of hydrogen-bond donors (Lipinski definition) is 1. The molecule has 20 heavy (non-hydrogen) atoms. The number of carbonyl (C=O) groups excluding carboxylic acids is 1. The molecular weight excluding hydrogens is 252 g/mol. The summed E-state index contributed by atoms with van der Waals surface area (Å²) in [4.78, 5) is 16.2. The number of rotatable bonds is 3. The molecule has 102 valence electrons. The van der Waals surface area contributed by atoms with Gasteiger partial charge in [-0.3, -0.25) is 9.78 Å². The Labute approximate surface area is 117 Å². The fraction of sp³-hybridized carbons (Fsp3) is 0.400. The van der Waals surface area contributed by atoms with Crippen LogP contribution in [0.2, 0.25) is 0 Å². The Hall–Kier alpha value is -2.17. The van der Waals surface area contributed by atoms with E-state index in [1.807, 2.05) is 29.2 Å². The lowest BCUT2D eigenvalue weighted by Gasteiger charge is -2.23. The molecule has 1 N–H and O–H groups in total. The first-order valence-corrected chi connectivity index (χ1v) is 7.07. The number of pyridine rings is 1. The fourth-order valence-electron chi connectivity index (χ4n) is 2.83. The van der Waals surface area contributed by atoms with Gasteiger partial charge in [0.1, 0.15) is 5.82 Å². The van der Waals surface area contributed by atoms with Crippen molar-refractivity contribution >= 4 is 11.7 Å². The normalized spacial score (nSPS) is 21.4. The van der Waals surface area contributed by atoms with Crippen molar-refractivity contribution in [3.8, 4) is 0 Å². The molecule has 1 fully saturated rings. The van der Waals surface area contributed by atoms with Crippen molar-refractivity contribution in [2.45, 2.75) is 31.7 Å². The number of anilines is 1. The maximum Gasteiger partial charge on any atom is 0.226 e. The monoisotopic (exact) mass is 268 g/mol. The average molecular weight is 268 g/mol. The number of nitrogens with zero attached hydrogens (tertiary/aromatic N) is 3. The second kappa shape index (κ2) is 4.44. The van der Waals surface area contributed by atoms with E-state index < -0.39 is 0 Å². The molecule has 5 heteroatoms. The molecule has 1 saturated carbocycles. The van der Waals surface area contributed by atoms with Crippen LogP contribution in [-0.4, -0.2) is 20.7 Å². The van der Waals surface area contributed by atoms with Gasteiger partial charge in [0.2, 0.25) is 5.91 Å². The highest BCUT2D eigenvalue weighted by atomic mass is 16.1. The van der Waals surface area contributed by atoms with Crippen molar-refractivity contribution in [3.63, 3.8) is 0 Å². The van der Waals surface area contributed by atoms with E-state index in [0.29, 0.717) is 6.42 Å². The third-order valence-electron chi connectivity index (χ3n) is 4.11. The van der Waals surface area contributed by atoms with Gasteiger partial charge < -0.3 is 5.32 Å². The van der Waals surface area contributed by atoms with Crippen molar-refractivity contribution in [2.75, 3.05) is 5.32 Å². The first kappa shape index (κ1) is 11.6. The molecule has 0 bridgehead atoms. The number of fused-ring (bicyclic) bond motifs is 1. The van der Waals surface area contributed by atoms with Gasteiger partial charge in [-0.25, -0.2) is 4.68 Å². The van der Waals surface area contributed by atoms with Crippen LogP contribution in [0.15, 0.2) is 30.7 Å². The highest BCUT2D eigenvalue weighted by Crippen LogP contribution is 2.38. The van der Waals surface area contributed by atoms with E-state index in [1.54, 1.807) is 6.20 Å². The summed E-state index contributed by atoms with van der Waals surface area (Å²) in [6.45, 7) is 0.912. The van der Waals surface area contributed by atoms with Crippen LogP contribution in [0.25, 0.3) is 0 Å². The number of nitrogens with one attached hydrogen (secondary N) is 1. The number of hydrogen-bond acceptors (Lipinski definition) is 3. The second-order valence-corrected chi connectivity index (χ2v) is 5.67. The maximum absolute atomic E-state index is 12.0. The third kappa shape index (κ3) is 1.99. The van der Waals surface area contributed by atoms with Crippen molar-refractivity contribution in [1.29, 1.82) is 0 Å². The molecule has 1 aliphatic heterocycles. The van der Waals surface area contributed by atoms with Gasteiger partial charge >= 0.3 is 0 Å². The van der Waals surface area contributed by atoms with Gasteiger partial charge in [-0.15, -0.1) is 0 Å². The average Bonchev–Trinajstić information content (AvgIpc) is 3.20. The molecule has 0 spiro atoms. The topological polar surface area (TPSA) is 59.8 Å². The summed E-state index contributed by atoms with van der Waals surface area (Å²) in [6.07, 6.45) is 8.50. The van der Waals surface area contributed by atoms with Crippen LogP contribution in [0, 0.1) is 5.92 Å². The van der Waals surface area contributed by atoms with Crippen molar-refractivity contribution in [3.05, 3.63) is 41.9 Å². The number of aromatic nitrogens is 3. The standard InChI is InChI=1S/C15H16N4O/c20-14-6-12(11-2-1-5-16-7-11)13-8-17-19(15(13)18-14)9-10-3-4-10/h1-2,5,7-8,10,12H,3-4,6,9H2,(H,18,20)/t12-/m1/s1. The van der Waals surface area contributed by atoms with E-state index in [-0.39, 0.29) is 11.8 Å². The maximum atomic E-state index is 12.0. The summed E-state index contributed by atoms with van der Waals surface area (Å²) in [5, 5.41) is 7.45. The highest BCUT2D eigenvalue weighted by Gasteiger charge is 2.31. The van der Waals surface area contributed by atoms with Crippen LogP contribution in [0.4, 0.5) is 5.82 Å². The van der Waals surface area contributed by atoms with E-state index in [1.165, 1.54) is 12.8 Å². The SMILES string of the molecule is O=C1C[C@H](c2cccnc2)c2cnn(CC3CC3)c2N1. The summed E-state index contributed by atoms with van der Waals surface area (Å²) >= 11 is 0. The lowest BCUT2D eigenvalue weighted by molar-refractivity contribution is -0.116. The third-order valence-corrected chi connectivity index (χ3v) is 4.11. The Balaban J connectivity index is 1.73. The van der Waals surface area contributed by atoms with Gasteiger partial charge in [-0.2, -0.15) is 5.10 Å². The van der Waals surface area contributed by atoms with Crippen molar-refractivity contribution in [1.82, 2.24) is 14.8 Å². The van der Waals surface area contributed by atoms with Crippen LogP contribution in [0.3, 0.4) is 0 Å². The zero-order chi connectivity index (χ0) is 13.5. The van der Waals surface area contributed by atoms with E-state index in [9.17, 15) is 4.79 Å². The van der Waals surface area contributed by atoms with E-state index in [2.05, 4.69) is 15.4 Å². The molecule has 0 unspecified atom stereocenters. The van der Waals surface area contributed by atoms with Crippen molar-refractivity contribution in [2.24, 2.45) is 5.92 Å². The Kier molecular flexibility index (Phi) is 2.58. The second-order valence-electron chi connectivity index (χ2n) is 5.67. The molecular formula is C15H16N4O. The largest absolute Gasteiger partial charge is 0.311 e. The zero-order valence-electron chi connectivity index (χ0n) is 11.1. The van der Waals surface area contributed by atoms with Gasteiger partial charge in [0.25, 0.3) is 0 Å². The quantitative estimate of drug-likeness (QED) is 0.928. The first-order chi connectivity index (χ1) is 9.81. The Morgan fingerprint density at radius 3 is 3.00 bits per heavy atom. The molecule has 2 aromatic rings. The lowest BCUT2D eigenvalue weighted by Crippen LogP contribution is -2.25. The summed E-state index contributed by atoms with van der Waals surface area (Å²) in [6, 6.07) is 3.94. The Morgan fingerprint density at radius 2 is 2.25 bits per heavy atom. The van der Waals surface area contributed by atoms with E-state index in [0.717, 1.165) is 29.4 Å². The smallest absolute Gasteiger partial charge is 0.226 e. The van der Waals surface area contributed by atoms with Gasteiger partial charge in [0, 0.05) is 36.8 Å². The van der Waals surface area contributed by atoms with Gasteiger partial charge in [-0.05, 0) is 30.4 Å². The molecule has 1 amide bonds. The van der Waals surface area contributed by atoms with E-state index in [4.69, 9.17) is 0 Å². The number of amides is 1. The first-order valence-electron chi connectivity index (χ1n) is 7.07. The molecule has 2 aliphatic rings. The summed E-state index contributed by atoms with van der Waals surface area (Å²) in [5.74, 6) is 1.74. The molecule has 2 aromatic heterocycles. The van der Waals surface area contributed by atoms with Gasteiger partial charge in [-0.1, -0.05) is 6.07 Å². The summed E-state index contributed by atoms with van der Waals surface area (Å²) < 4.78 is 1.95. The van der Waals surface area contributed by atoms with Crippen LogP contribution in [0.5, 0.6) is 0 Å². The Bertz CT molecular complexity index is 645. The molecule has 0 radical (unpaired) electrons. The summed E-state index contributed by atoms with van der Waals surface area (Å²) in [5.41, 5.74) is 2.19. The summed E-state index contributed by atoms with van der Waals surface area (Å²) in [7, 11) is 0.